The molecule has 2 heterocycles. The number of carbonyl (C=O) groups is 1. The summed E-state index contributed by atoms with van der Waals surface area (Å²) in [7, 11) is 0. The van der Waals surface area contributed by atoms with Crippen molar-refractivity contribution < 1.29 is 13.6 Å². The molecule has 4 rings (SSSR count). The minimum absolute atomic E-state index is 0.0822. The Morgan fingerprint density at radius 3 is 2.70 bits per heavy atom. The molecule has 0 unspecified atom stereocenters. The first-order chi connectivity index (χ1) is 14.4. The molecule has 2 aromatic heterocycles. The zero-order chi connectivity index (χ0) is 21.3. The van der Waals surface area contributed by atoms with Crippen LogP contribution in [0.25, 0.3) is 10.9 Å². The number of rotatable bonds is 5. The summed E-state index contributed by atoms with van der Waals surface area (Å²) >= 11 is 0. The van der Waals surface area contributed by atoms with Gasteiger partial charge in [-0.3, -0.25) is 19.0 Å². The van der Waals surface area contributed by atoms with E-state index in [2.05, 4.69) is 15.5 Å². The summed E-state index contributed by atoms with van der Waals surface area (Å²) in [6.07, 6.45) is 2.97. The van der Waals surface area contributed by atoms with Gasteiger partial charge in [-0.05, 0) is 42.8 Å². The van der Waals surface area contributed by atoms with Crippen LogP contribution in [0.3, 0.4) is 0 Å². The molecule has 1 N–H and O–H groups in total. The van der Waals surface area contributed by atoms with E-state index in [0.29, 0.717) is 29.9 Å². The molecule has 0 bridgehead atoms. The fraction of sp³-hybridized carbons (Fsp3) is 0.143. The molecule has 0 saturated heterocycles. The number of hydrogen-bond acceptors (Lipinski definition) is 4. The molecule has 0 aliphatic rings. The number of amides is 1. The molecule has 0 saturated carbocycles. The normalized spacial score (nSPS) is 11.0. The van der Waals surface area contributed by atoms with Crippen LogP contribution in [0, 0.1) is 11.6 Å². The SMILES string of the molecule is CCn1nc(C(=O)Nc2cnn(Cc3cccc(F)c3)c2)c(=O)c2cc(F)ccc21. The summed E-state index contributed by atoms with van der Waals surface area (Å²) in [6.45, 7) is 2.51. The monoisotopic (exact) mass is 409 g/mol. The number of hydrogen-bond donors (Lipinski definition) is 1. The number of aromatic nitrogens is 4. The van der Waals surface area contributed by atoms with Gasteiger partial charge >= 0.3 is 0 Å². The lowest BCUT2D eigenvalue weighted by Crippen LogP contribution is -2.27. The van der Waals surface area contributed by atoms with Crippen LogP contribution in [0.4, 0.5) is 14.5 Å². The maximum atomic E-state index is 13.6. The first kappa shape index (κ1) is 19.4. The van der Waals surface area contributed by atoms with Gasteiger partial charge in [-0.15, -0.1) is 0 Å². The van der Waals surface area contributed by atoms with E-state index in [0.717, 1.165) is 6.07 Å². The molecular weight excluding hydrogens is 392 g/mol. The molecule has 0 spiro atoms. The van der Waals surface area contributed by atoms with Crippen molar-refractivity contribution in [2.45, 2.75) is 20.0 Å². The molecule has 2 aromatic carbocycles. The number of fused-ring (bicyclic) bond motifs is 1. The molecule has 0 fully saturated rings. The van der Waals surface area contributed by atoms with E-state index < -0.39 is 17.2 Å². The smallest absolute Gasteiger partial charge is 0.280 e. The number of carbonyl (C=O) groups excluding carboxylic acids is 1. The molecular formula is C21H17F2N5O2. The van der Waals surface area contributed by atoms with Gasteiger partial charge in [0.05, 0.1) is 29.3 Å². The highest BCUT2D eigenvalue weighted by Gasteiger charge is 2.18. The molecule has 9 heteroatoms. The number of anilines is 1. The first-order valence-electron chi connectivity index (χ1n) is 9.23. The fourth-order valence-corrected chi connectivity index (χ4v) is 3.18. The van der Waals surface area contributed by atoms with Crippen LogP contribution in [0.1, 0.15) is 23.0 Å². The molecule has 0 atom stereocenters. The lowest BCUT2D eigenvalue weighted by molar-refractivity contribution is 0.101. The summed E-state index contributed by atoms with van der Waals surface area (Å²) in [5, 5.41) is 10.9. The van der Waals surface area contributed by atoms with E-state index in [4.69, 9.17) is 0 Å². The molecule has 152 valence electrons. The lowest BCUT2D eigenvalue weighted by atomic mass is 10.2. The topological polar surface area (TPSA) is 81.8 Å². The zero-order valence-electron chi connectivity index (χ0n) is 16.0. The van der Waals surface area contributed by atoms with Gasteiger partial charge in [-0.25, -0.2) is 8.78 Å². The average molecular weight is 409 g/mol. The predicted octanol–water partition coefficient (Wildman–Crippen LogP) is 3.19. The second-order valence-corrected chi connectivity index (χ2v) is 6.67. The number of nitrogens with one attached hydrogen (secondary N) is 1. The van der Waals surface area contributed by atoms with Crippen molar-refractivity contribution in [2.24, 2.45) is 0 Å². The van der Waals surface area contributed by atoms with Gasteiger partial charge in [0.25, 0.3) is 5.91 Å². The van der Waals surface area contributed by atoms with Gasteiger partial charge in [-0.1, -0.05) is 12.1 Å². The van der Waals surface area contributed by atoms with Crippen LogP contribution in [0.5, 0.6) is 0 Å². The number of benzene rings is 2. The Labute approximate surface area is 169 Å². The van der Waals surface area contributed by atoms with Gasteiger partial charge in [0.2, 0.25) is 5.43 Å². The Kier molecular flexibility index (Phi) is 5.09. The molecule has 4 aromatic rings. The fourth-order valence-electron chi connectivity index (χ4n) is 3.18. The first-order valence-corrected chi connectivity index (χ1v) is 9.23. The Morgan fingerprint density at radius 1 is 1.13 bits per heavy atom. The summed E-state index contributed by atoms with van der Waals surface area (Å²) in [5.74, 6) is -1.64. The van der Waals surface area contributed by atoms with E-state index >= 15 is 0 Å². The standard InChI is InChI=1S/C21H17F2N5O2/c1-2-28-18-7-6-15(23)9-17(18)20(29)19(26-28)21(30)25-16-10-24-27(12-16)11-13-4-3-5-14(22)8-13/h3-10,12H,2,11H2,1H3,(H,25,30). The minimum Gasteiger partial charge on any atom is -0.318 e. The van der Waals surface area contributed by atoms with E-state index in [1.165, 1.54) is 39.8 Å². The third-order valence-corrected chi connectivity index (χ3v) is 4.56. The summed E-state index contributed by atoms with van der Waals surface area (Å²) < 4.78 is 30.0. The lowest BCUT2D eigenvalue weighted by Gasteiger charge is -2.10. The van der Waals surface area contributed by atoms with Crippen molar-refractivity contribution in [3.8, 4) is 0 Å². The minimum atomic E-state index is -0.723. The van der Waals surface area contributed by atoms with Crippen LogP contribution in [0.15, 0.2) is 59.7 Å². The van der Waals surface area contributed by atoms with Crippen molar-refractivity contribution in [2.75, 3.05) is 5.32 Å². The number of nitrogens with zero attached hydrogens (tertiary/aromatic N) is 4. The van der Waals surface area contributed by atoms with Crippen molar-refractivity contribution in [1.82, 2.24) is 19.6 Å². The highest BCUT2D eigenvalue weighted by molar-refractivity contribution is 6.04. The maximum Gasteiger partial charge on any atom is 0.280 e. The second kappa shape index (κ2) is 7.86. The van der Waals surface area contributed by atoms with Crippen molar-refractivity contribution >= 4 is 22.5 Å². The van der Waals surface area contributed by atoms with Crippen LogP contribution in [-0.2, 0) is 13.1 Å². The van der Waals surface area contributed by atoms with Gasteiger partial charge in [0.15, 0.2) is 5.69 Å². The van der Waals surface area contributed by atoms with Crippen molar-refractivity contribution in [3.05, 3.63) is 88.0 Å². The molecule has 1 amide bonds. The van der Waals surface area contributed by atoms with Crippen molar-refractivity contribution in [3.63, 3.8) is 0 Å². The van der Waals surface area contributed by atoms with Crippen molar-refractivity contribution in [1.29, 1.82) is 0 Å². The summed E-state index contributed by atoms with van der Waals surface area (Å²) in [4.78, 5) is 25.4. The van der Waals surface area contributed by atoms with Crippen LogP contribution < -0.4 is 10.7 Å². The Morgan fingerprint density at radius 2 is 1.93 bits per heavy atom. The molecule has 0 radical (unpaired) electrons. The molecule has 0 aliphatic carbocycles. The predicted molar refractivity (Wildman–Crippen MR) is 107 cm³/mol. The van der Waals surface area contributed by atoms with Gasteiger partial charge in [-0.2, -0.15) is 10.2 Å². The zero-order valence-corrected chi connectivity index (χ0v) is 16.0. The van der Waals surface area contributed by atoms with Crippen LogP contribution in [-0.4, -0.2) is 25.5 Å². The quantitative estimate of drug-likeness (QED) is 0.549. The Hall–Kier alpha value is -3.88. The molecule has 30 heavy (non-hydrogen) atoms. The number of halogens is 2. The Balaban J connectivity index is 1.60. The van der Waals surface area contributed by atoms with E-state index in [1.807, 2.05) is 0 Å². The maximum absolute atomic E-state index is 13.6. The third-order valence-electron chi connectivity index (χ3n) is 4.56. The molecule has 7 nitrogen and oxygen atoms in total. The largest absolute Gasteiger partial charge is 0.318 e. The summed E-state index contributed by atoms with van der Waals surface area (Å²) in [5.41, 5.74) is 0.509. The second-order valence-electron chi connectivity index (χ2n) is 6.67. The number of aryl methyl sites for hydroxylation is 1. The highest BCUT2D eigenvalue weighted by atomic mass is 19.1. The van der Waals surface area contributed by atoms with Gasteiger partial charge in [0, 0.05) is 12.7 Å². The third kappa shape index (κ3) is 3.82. The van der Waals surface area contributed by atoms with Crippen LogP contribution in [0.2, 0.25) is 0 Å². The Bertz CT molecular complexity index is 1310. The van der Waals surface area contributed by atoms with E-state index in [1.54, 1.807) is 25.3 Å². The highest BCUT2D eigenvalue weighted by Crippen LogP contribution is 2.14. The molecule has 0 aliphatic heterocycles. The van der Waals surface area contributed by atoms with Gasteiger partial charge < -0.3 is 5.32 Å². The van der Waals surface area contributed by atoms with E-state index in [9.17, 15) is 18.4 Å². The van der Waals surface area contributed by atoms with Gasteiger partial charge in [0.1, 0.15) is 11.6 Å². The average Bonchev–Trinajstić information content (AvgIpc) is 3.15. The van der Waals surface area contributed by atoms with Crippen LogP contribution >= 0.6 is 0 Å². The summed E-state index contributed by atoms with van der Waals surface area (Å²) in [6, 6.07) is 9.90. The van der Waals surface area contributed by atoms with E-state index in [-0.39, 0.29) is 16.9 Å².